The first-order valence-corrected chi connectivity index (χ1v) is 3.97. The van der Waals surface area contributed by atoms with Crippen molar-refractivity contribution < 1.29 is 4.79 Å². The first kappa shape index (κ1) is 9.38. The summed E-state index contributed by atoms with van der Waals surface area (Å²) in [6.07, 6.45) is 0. The Morgan fingerprint density at radius 3 is 2.85 bits per heavy atom. The second-order valence-corrected chi connectivity index (χ2v) is 2.86. The van der Waals surface area contributed by atoms with Gasteiger partial charge in [-0.25, -0.2) is 0 Å². The number of hydrogen-bond donors (Lipinski definition) is 2. The molecule has 0 aliphatic carbocycles. The molecule has 0 aliphatic heterocycles. The van der Waals surface area contributed by atoms with Gasteiger partial charge in [-0.15, -0.1) is 0 Å². The highest BCUT2D eigenvalue weighted by atomic mass is 16.1. The number of nitrogens with two attached hydrogens (primary N) is 1. The van der Waals surface area contributed by atoms with Crippen LogP contribution in [0.5, 0.6) is 0 Å². The lowest BCUT2D eigenvalue weighted by Crippen LogP contribution is -2.26. The van der Waals surface area contributed by atoms with Crippen molar-refractivity contribution in [3.8, 4) is 0 Å². The van der Waals surface area contributed by atoms with Gasteiger partial charge in [0.2, 0.25) is 0 Å². The highest BCUT2D eigenvalue weighted by molar-refractivity contribution is 5.81. The van der Waals surface area contributed by atoms with Gasteiger partial charge in [-0.3, -0.25) is 10.5 Å². The molecular formula is C9H12N3O. The second kappa shape index (κ2) is 3.80. The van der Waals surface area contributed by atoms with Gasteiger partial charge in [0.05, 0.1) is 0 Å². The van der Waals surface area contributed by atoms with Gasteiger partial charge < -0.3 is 11.1 Å². The molecule has 1 aromatic rings. The van der Waals surface area contributed by atoms with E-state index in [4.69, 9.17) is 11.5 Å². The number of rotatable bonds is 3. The maximum atomic E-state index is 10.6. The quantitative estimate of drug-likeness (QED) is 0.674. The second-order valence-electron chi connectivity index (χ2n) is 2.86. The van der Waals surface area contributed by atoms with Crippen LogP contribution in [0, 0.1) is 0 Å². The van der Waals surface area contributed by atoms with Crippen LogP contribution < -0.4 is 16.8 Å². The molecule has 4 N–H and O–H groups in total. The summed E-state index contributed by atoms with van der Waals surface area (Å²) >= 11 is 0. The molecule has 1 atom stereocenters. The van der Waals surface area contributed by atoms with E-state index in [0.29, 0.717) is 5.69 Å². The maximum Gasteiger partial charge on any atom is 0.260 e. The number of carbonyl (C=O) groups excluding carboxylic acids is 1. The van der Waals surface area contributed by atoms with Gasteiger partial charge in [0.25, 0.3) is 5.91 Å². The van der Waals surface area contributed by atoms with Gasteiger partial charge in [-0.1, -0.05) is 6.07 Å². The van der Waals surface area contributed by atoms with Gasteiger partial charge in [0.15, 0.2) is 0 Å². The minimum Gasteiger partial charge on any atom is -0.399 e. The fraction of sp³-hybridized carbons (Fsp3) is 0.222. The van der Waals surface area contributed by atoms with Crippen LogP contribution in [0.1, 0.15) is 6.92 Å². The highest BCUT2D eigenvalue weighted by Gasteiger charge is 2.07. The molecule has 1 rings (SSSR count). The van der Waals surface area contributed by atoms with Gasteiger partial charge in [-0.05, 0) is 25.1 Å². The predicted molar refractivity (Wildman–Crippen MR) is 52.0 cm³/mol. The van der Waals surface area contributed by atoms with Crippen molar-refractivity contribution in [3.05, 3.63) is 24.3 Å². The Bertz CT molecular complexity index is 311. The summed E-state index contributed by atoms with van der Waals surface area (Å²) in [7, 11) is 0. The third-order valence-corrected chi connectivity index (χ3v) is 1.66. The van der Waals surface area contributed by atoms with E-state index < -0.39 is 11.9 Å². The minimum atomic E-state index is -0.637. The molecule has 4 nitrogen and oxygen atoms in total. The Balaban J connectivity index is 2.69. The fourth-order valence-electron chi connectivity index (χ4n) is 0.944. The monoisotopic (exact) mass is 178 g/mol. The van der Waals surface area contributed by atoms with Crippen LogP contribution in [-0.2, 0) is 4.79 Å². The number of anilines is 2. The summed E-state index contributed by atoms with van der Waals surface area (Å²) in [5, 5.41) is 2.87. The van der Waals surface area contributed by atoms with E-state index in [-0.39, 0.29) is 0 Å². The number of benzene rings is 1. The van der Waals surface area contributed by atoms with E-state index in [2.05, 4.69) is 5.32 Å². The van der Waals surface area contributed by atoms with Crippen LogP contribution in [0.25, 0.3) is 0 Å². The van der Waals surface area contributed by atoms with Crippen LogP contribution in [0.3, 0.4) is 0 Å². The molecule has 13 heavy (non-hydrogen) atoms. The molecule has 1 amide bonds. The lowest BCUT2D eigenvalue weighted by molar-refractivity contribution is -0.119. The zero-order valence-electron chi connectivity index (χ0n) is 7.37. The number of carbonyl (C=O) groups is 1. The smallest absolute Gasteiger partial charge is 0.260 e. The van der Waals surface area contributed by atoms with E-state index >= 15 is 0 Å². The van der Waals surface area contributed by atoms with Crippen molar-refractivity contribution in [1.82, 2.24) is 5.73 Å². The zero-order chi connectivity index (χ0) is 9.84. The van der Waals surface area contributed by atoms with E-state index in [9.17, 15) is 4.79 Å². The summed E-state index contributed by atoms with van der Waals surface area (Å²) in [5.74, 6) is -0.637. The molecule has 0 unspecified atom stereocenters. The van der Waals surface area contributed by atoms with Crippen molar-refractivity contribution in [1.29, 1.82) is 0 Å². The largest absolute Gasteiger partial charge is 0.399 e. The summed E-state index contributed by atoms with van der Waals surface area (Å²) < 4.78 is 0. The van der Waals surface area contributed by atoms with Gasteiger partial charge in [0, 0.05) is 11.4 Å². The van der Waals surface area contributed by atoms with Gasteiger partial charge in [-0.2, -0.15) is 0 Å². The maximum absolute atomic E-state index is 10.6. The fourth-order valence-corrected chi connectivity index (χ4v) is 0.944. The van der Waals surface area contributed by atoms with Crippen molar-refractivity contribution in [2.45, 2.75) is 13.0 Å². The van der Waals surface area contributed by atoms with E-state index in [1.807, 2.05) is 0 Å². The molecule has 0 bridgehead atoms. The molecule has 0 aromatic heterocycles. The summed E-state index contributed by atoms with van der Waals surface area (Å²) in [6.45, 7) is 1.64. The average Bonchev–Trinajstić information content (AvgIpc) is 2.04. The number of amides is 1. The first-order valence-electron chi connectivity index (χ1n) is 3.97. The molecule has 0 saturated heterocycles. The molecular weight excluding hydrogens is 166 g/mol. The van der Waals surface area contributed by atoms with Crippen LogP contribution in [0.15, 0.2) is 24.3 Å². The number of hydrogen-bond acceptors (Lipinski definition) is 3. The van der Waals surface area contributed by atoms with Crippen LogP contribution >= 0.6 is 0 Å². The zero-order valence-corrected chi connectivity index (χ0v) is 7.37. The predicted octanol–water partition coefficient (Wildman–Crippen LogP) is 0.879. The Labute approximate surface area is 76.9 Å². The SMILES string of the molecule is C[C@H](Nc1cccc(N)c1)C([NH])=O. The van der Waals surface area contributed by atoms with Gasteiger partial charge >= 0.3 is 0 Å². The lowest BCUT2D eigenvalue weighted by atomic mass is 10.2. The number of nitrogen functional groups attached to an aromatic ring is 1. The standard InChI is InChI=1S/C9H12N3O/c1-6(9(11)13)12-8-4-2-3-7(10)5-8/h2-6,11-12H,10H2,1H3/t6-/m0/s1. The minimum absolute atomic E-state index is 0.498. The molecule has 0 fully saturated rings. The molecule has 0 heterocycles. The molecule has 1 radical (unpaired) electrons. The topological polar surface area (TPSA) is 78.9 Å². The molecule has 4 heteroatoms. The third kappa shape index (κ3) is 2.66. The summed E-state index contributed by atoms with van der Waals surface area (Å²) in [4.78, 5) is 10.6. The van der Waals surface area contributed by atoms with Crippen LogP contribution in [-0.4, -0.2) is 11.9 Å². The Kier molecular flexibility index (Phi) is 2.74. The number of nitrogens with one attached hydrogen (secondary N) is 2. The van der Waals surface area contributed by atoms with Crippen LogP contribution in [0.4, 0.5) is 11.4 Å². The Morgan fingerprint density at radius 1 is 1.62 bits per heavy atom. The molecule has 0 spiro atoms. The van der Waals surface area contributed by atoms with E-state index in [1.54, 1.807) is 31.2 Å². The summed E-state index contributed by atoms with van der Waals surface area (Å²) in [5.41, 5.74) is 13.8. The van der Waals surface area contributed by atoms with E-state index in [0.717, 1.165) is 5.69 Å². The van der Waals surface area contributed by atoms with Gasteiger partial charge in [0.1, 0.15) is 6.04 Å². The molecule has 69 valence electrons. The first-order chi connectivity index (χ1) is 6.09. The lowest BCUT2D eigenvalue weighted by Gasteiger charge is -2.10. The normalized spacial score (nSPS) is 12.1. The van der Waals surface area contributed by atoms with Crippen molar-refractivity contribution >= 4 is 17.3 Å². The summed E-state index contributed by atoms with van der Waals surface area (Å²) in [6, 6.07) is 6.58. The van der Waals surface area contributed by atoms with Crippen molar-refractivity contribution in [2.75, 3.05) is 11.1 Å². The van der Waals surface area contributed by atoms with Crippen LogP contribution in [0.2, 0.25) is 0 Å². The third-order valence-electron chi connectivity index (χ3n) is 1.66. The average molecular weight is 178 g/mol. The highest BCUT2D eigenvalue weighted by Crippen LogP contribution is 2.12. The Hall–Kier alpha value is -1.71. The van der Waals surface area contributed by atoms with Crippen molar-refractivity contribution in [2.24, 2.45) is 0 Å². The Morgan fingerprint density at radius 2 is 2.31 bits per heavy atom. The van der Waals surface area contributed by atoms with Crippen molar-refractivity contribution in [3.63, 3.8) is 0 Å². The molecule has 1 aromatic carbocycles. The molecule has 0 saturated carbocycles. The van der Waals surface area contributed by atoms with E-state index in [1.165, 1.54) is 0 Å². The molecule has 0 aliphatic rings.